The summed E-state index contributed by atoms with van der Waals surface area (Å²) in [4.78, 5) is 13.0. The number of phenolic OH excluding ortho intramolecular Hbond substituents is 1. The van der Waals surface area contributed by atoms with E-state index in [2.05, 4.69) is 5.10 Å². The minimum atomic E-state index is -1.09. The normalized spacial score (nSPS) is 22.6. The van der Waals surface area contributed by atoms with E-state index in [0.29, 0.717) is 11.5 Å². The number of phenols is 1. The molecule has 5 rings (SSSR count). The van der Waals surface area contributed by atoms with Gasteiger partial charge in [0.2, 0.25) is 5.90 Å². The summed E-state index contributed by atoms with van der Waals surface area (Å²) in [5.41, 5.74) is 1.41. The number of hydrogen-bond acceptors (Lipinski definition) is 6. The molecule has 2 atom stereocenters. The van der Waals surface area contributed by atoms with Crippen LogP contribution in [0.4, 0.5) is 5.69 Å². The number of para-hydroxylation sites is 1. The van der Waals surface area contributed by atoms with Crippen molar-refractivity contribution in [3.63, 3.8) is 0 Å². The Morgan fingerprint density at radius 2 is 1.69 bits per heavy atom. The van der Waals surface area contributed by atoms with Crippen LogP contribution in [0.3, 0.4) is 0 Å². The van der Waals surface area contributed by atoms with E-state index >= 15 is 0 Å². The van der Waals surface area contributed by atoms with Crippen molar-refractivity contribution in [2.45, 2.75) is 25.7 Å². The molecule has 0 amide bonds. The van der Waals surface area contributed by atoms with Crippen molar-refractivity contribution in [2.75, 3.05) is 5.01 Å². The van der Waals surface area contributed by atoms with Crippen LogP contribution >= 0.6 is 0 Å². The van der Waals surface area contributed by atoms with E-state index in [-0.39, 0.29) is 5.75 Å². The van der Waals surface area contributed by atoms with Gasteiger partial charge in [0.15, 0.2) is 5.92 Å². The minimum Gasteiger partial charge on any atom is -0.508 e. The van der Waals surface area contributed by atoms with Crippen LogP contribution in [-0.2, 0) is 14.3 Å². The highest BCUT2D eigenvalue weighted by molar-refractivity contribution is 6.04. The monoisotopic (exact) mass is 388 g/mol. The molecule has 2 unspecified atom stereocenters. The quantitative estimate of drug-likeness (QED) is 0.661. The van der Waals surface area contributed by atoms with Gasteiger partial charge >= 0.3 is 5.97 Å². The molecular formula is C23H20N2O4. The Morgan fingerprint density at radius 3 is 2.48 bits per heavy atom. The van der Waals surface area contributed by atoms with Crippen molar-refractivity contribution in [1.82, 2.24) is 0 Å². The highest BCUT2D eigenvalue weighted by atomic mass is 16.7. The van der Waals surface area contributed by atoms with Crippen LogP contribution in [0.15, 0.2) is 71.8 Å². The van der Waals surface area contributed by atoms with Crippen LogP contribution in [0.25, 0.3) is 10.8 Å². The molecule has 2 aliphatic rings. The fourth-order valence-electron chi connectivity index (χ4n) is 4.08. The number of esters is 1. The van der Waals surface area contributed by atoms with Crippen molar-refractivity contribution in [1.29, 1.82) is 0 Å². The summed E-state index contributed by atoms with van der Waals surface area (Å²) in [6, 6.07) is 20.2. The minimum absolute atomic E-state index is 0.101. The lowest BCUT2D eigenvalue weighted by Crippen LogP contribution is -2.47. The third-order valence-electron chi connectivity index (χ3n) is 5.27. The number of anilines is 1. The van der Waals surface area contributed by atoms with E-state index in [0.717, 1.165) is 16.5 Å². The zero-order chi connectivity index (χ0) is 20.2. The maximum atomic E-state index is 13.0. The van der Waals surface area contributed by atoms with Crippen LogP contribution in [0.5, 0.6) is 5.75 Å². The van der Waals surface area contributed by atoms with Gasteiger partial charge in [-0.3, -0.25) is 9.80 Å². The summed E-state index contributed by atoms with van der Waals surface area (Å²) in [5.74, 6) is -1.89. The Morgan fingerprint density at radius 1 is 0.966 bits per heavy atom. The molecule has 1 fully saturated rings. The Hall–Kier alpha value is -3.54. The van der Waals surface area contributed by atoms with Crippen LogP contribution in [-0.4, -0.2) is 22.8 Å². The van der Waals surface area contributed by atoms with Crippen LogP contribution in [0.1, 0.15) is 25.5 Å². The second-order valence-electron chi connectivity index (χ2n) is 7.68. The predicted molar refractivity (Wildman–Crippen MR) is 109 cm³/mol. The highest BCUT2D eigenvalue weighted by Crippen LogP contribution is 2.47. The highest BCUT2D eigenvalue weighted by Gasteiger charge is 2.53. The average Bonchev–Trinajstić information content (AvgIpc) is 3.06. The summed E-state index contributed by atoms with van der Waals surface area (Å²) < 4.78 is 11.4. The molecule has 146 valence electrons. The molecule has 3 aromatic carbocycles. The lowest BCUT2D eigenvalue weighted by molar-refractivity contribution is -0.205. The van der Waals surface area contributed by atoms with Gasteiger partial charge in [-0.15, -0.1) is 5.10 Å². The van der Waals surface area contributed by atoms with E-state index in [1.807, 2.05) is 60.7 Å². The zero-order valence-corrected chi connectivity index (χ0v) is 16.1. The number of ether oxygens (including phenoxy) is 2. The molecule has 29 heavy (non-hydrogen) atoms. The summed E-state index contributed by atoms with van der Waals surface area (Å²) >= 11 is 0. The summed E-state index contributed by atoms with van der Waals surface area (Å²) in [6.07, 6.45) is 0. The second kappa shape index (κ2) is 6.24. The number of cyclic esters (lactones) is 1. The van der Waals surface area contributed by atoms with Crippen LogP contribution in [0, 0.1) is 5.92 Å². The summed E-state index contributed by atoms with van der Waals surface area (Å²) in [7, 11) is 0. The van der Waals surface area contributed by atoms with E-state index in [4.69, 9.17) is 9.47 Å². The smallest absolute Gasteiger partial charge is 0.324 e. The topological polar surface area (TPSA) is 71.4 Å². The summed E-state index contributed by atoms with van der Waals surface area (Å²) in [5, 5.41) is 19.0. The Bertz CT molecular complexity index is 1140. The first-order valence-electron chi connectivity index (χ1n) is 9.50. The lowest BCUT2D eigenvalue weighted by atomic mass is 9.88. The third kappa shape index (κ3) is 2.79. The van der Waals surface area contributed by atoms with E-state index in [1.54, 1.807) is 24.9 Å². The van der Waals surface area contributed by atoms with E-state index < -0.39 is 23.7 Å². The number of carbonyl (C=O) groups excluding carboxylic acids is 1. The molecule has 1 N–H and O–H groups in total. The summed E-state index contributed by atoms with van der Waals surface area (Å²) in [6.45, 7) is 3.36. The molecule has 3 aromatic rings. The van der Waals surface area contributed by atoms with Gasteiger partial charge in [0.05, 0.1) is 5.69 Å². The molecule has 2 heterocycles. The van der Waals surface area contributed by atoms with Crippen molar-refractivity contribution in [2.24, 2.45) is 11.0 Å². The molecule has 1 saturated heterocycles. The number of hydrogen-bond donors (Lipinski definition) is 1. The molecular weight excluding hydrogens is 368 g/mol. The molecule has 0 radical (unpaired) electrons. The van der Waals surface area contributed by atoms with Gasteiger partial charge < -0.3 is 14.6 Å². The van der Waals surface area contributed by atoms with Gasteiger partial charge in [0, 0.05) is 19.4 Å². The van der Waals surface area contributed by atoms with Crippen LogP contribution in [0.2, 0.25) is 0 Å². The number of hydrazone groups is 1. The number of nitrogens with zero attached hydrogens (tertiary/aromatic N) is 2. The maximum absolute atomic E-state index is 13.0. The van der Waals surface area contributed by atoms with E-state index in [9.17, 15) is 9.90 Å². The van der Waals surface area contributed by atoms with Gasteiger partial charge in [-0.25, -0.2) is 0 Å². The van der Waals surface area contributed by atoms with Gasteiger partial charge in [0.1, 0.15) is 11.8 Å². The van der Waals surface area contributed by atoms with E-state index in [1.165, 1.54) is 0 Å². The average molecular weight is 388 g/mol. The molecule has 0 spiro atoms. The zero-order valence-electron chi connectivity index (χ0n) is 16.1. The largest absolute Gasteiger partial charge is 0.508 e. The molecule has 6 heteroatoms. The van der Waals surface area contributed by atoms with Gasteiger partial charge in [0.25, 0.3) is 5.79 Å². The molecule has 2 aliphatic heterocycles. The maximum Gasteiger partial charge on any atom is 0.324 e. The first kappa shape index (κ1) is 17.6. The van der Waals surface area contributed by atoms with Crippen molar-refractivity contribution in [3.8, 4) is 5.75 Å². The Labute approximate surface area is 168 Å². The number of rotatable bonds is 2. The standard InChI is InChI=1S/C23H20N2O4/c1-23(2)28-21-19(22(27)29-23)20(25(24-21)15-9-4-3-5-10-15)18-16-11-7-6-8-14(16)12-13-17(18)26/h3-13,19-20,26H,1-2H3. The molecule has 6 nitrogen and oxygen atoms in total. The number of aromatic hydroxyl groups is 1. The van der Waals surface area contributed by atoms with Crippen molar-refractivity contribution < 1.29 is 19.4 Å². The fourth-order valence-corrected chi connectivity index (χ4v) is 4.08. The van der Waals surface area contributed by atoms with Crippen molar-refractivity contribution >= 4 is 28.3 Å². The second-order valence-corrected chi connectivity index (χ2v) is 7.68. The third-order valence-corrected chi connectivity index (χ3v) is 5.27. The first-order chi connectivity index (χ1) is 13.9. The van der Waals surface area contributed by atoms with Gasteiger partial charge in [-0.1, -0.05) is 48.5 Å². The molecule has 0 saturated carbocycles. The number of fused-ring (bicyclic) bond motifs is 2. The van der Waals surface area contributed by atoms with Gasteiger partial charge in [-0.05, 0) is 29.0 Å². The molecule has 0 bridgehead atoms. The number of carbonyl (C=O) groups is 1. The van der Waals surface area contributed by atoms with Gasteiger partial charge in [-0.2, -0.15) is 0 Å². The first-order valence-corrected chi connectivity index (χ1v) is 9.50. The molecule has 0 aromatic heterocycles. The lowest BCUT2D eigenvalue weighted by Gasteiger charge is -2.35. The Kier molecular flexibility index (Phi) is 3.77. The Balaban J connectivity index is 1.74. The predicted octanol–water partition coefficient (Wildman–Crippen LogP) is 4.35. The van der Waals surface area contributed by atoms with Crippen molar-refractivity contribution in [3.05, 3.63) is 72.3 Å². The van der Waals surface area contributed by atoms with Crippen LogP contribution < -0.4 is 5.01 Å². The fraction of sp³-hybridized carbons (Fsp3) is 0.217. The molecule has 0 aliphatic carbocycles. The number of benzene rings is 3. The SMILES string of the molecule is CC1(C)OC(=O)C2C(=NN(c3ccccc3)C2c2c(O)ccc3ccccc23)O1.